The summed E-state index contributed by atoms with van der Waals surface area (Å²) in [5.74, 6) is -0.0271. The Bertz CT molecular complexity index is 1940. The third kappa shape index (κ3) is 10.9. The molecule has 3 aromatic rings. The SMILES string of the molecule is CCN(CC1CCC(C2=NC=C2)CC1)c1ccc(C(F)(F)F)cc1CN(c1ncc(OCCS(C)(=O)=O)cn1)C(C)c1cc(C(F)(F)F)cc(C(F)(F)F)c1. The summed E-state index contributed by atoms with van der Waals surface area (Å²) in [5.41, 5.74) is -3.02. The molecule has 1 aliphatic carbocycles. The lowest BCUT2D eigenvalue weighted by molar-refractivity contribution is -0.143. The maximum absolute atomic E-state index is 14.2. The molecule has 1 fully saturated rings. The van der Waals surface area contributed by atoms with Gasteiger partial charge >= 0.3 is 18.5 Å². The molecular weight excluding hydrogens is 765 g/mol. The van der Waals surface area contributed by atoms with E-state index in [2.05, 4.69) is 15.0 Å². The predicted octanol–water partition coefficient (Wildman–Crippen LogP) is 9.33. The molecule has 300 valence electrons. The number of sulfone groups is 1. The number of hydrogen-bond donors (Lipinski definition) is 0. The van der Waals surface area contributed by atoms with Crippen LogP contribution in [0.5, 0.6) is 5.75 Å². The summed E-state index contributed by atoms with van der Waals surface area (Å²) in [6.45, 7) is 3.32. The Morgan fingerprint density at radius 2 is 1.44 bits per heavy atom. The highest BCUT2D eigenvalue weighted by molar-refractivity contribution is 7.90. The monoisotopic (exact) mass is 805 g/mol. The highest BCUT2D eigenvalue weighted by atomic mass is 32.2. The van der Waals surface area contributed by atoms with Gasteiger partial charge in [-0.15, -0.1) is 0 Å². The lowest BCUT2D eigenvalue weighted by Crippen LogP contribution is -2.34. The van der Waals surface area contributed by atoms with Gasteiger partial charge in [0.05, 0.1) is 40.9 Å². The fourth-order valence-electron chi connectivity index (χ4n) is 6.76. The summed E-state index contributed by atoms with van der Waals surface area (Å²) >= 11 is 0. The second-order valence-electron chi connectivity index (χ2n) is 13.8. The molecule has 8 nitrogen and oxygen atoms in total. The van der Waals surface area contributed by atoms with E-state index in [0.717, 1.165) is 62.2 Å². The number of ether oxygens (including phenoxy) is 1. The second-order valence-corrected chi connectivity index (χ2v) is 16.1. The molecule has 0 saturated heterocycles. The topological polar surface area (TPSA) is 88.0 Å². The van der Waals surface area contributed by atoms with Crippen molar-refractivity contribution in [2.24, 2.45) is 16.8 Å². The minimum atomic E-state index is -5.15. The maximum Gasteiger partial charge on any atom is 0.416 e. The third-order valence-electron chi connectivity index (χ3n) is 9.84. The van der Waals surface area contributed by atoms with Crippen LogP contribution in [0.1, 0.15) is 73.4 Å². The summed E-state index contributed by atoms with van der Waals surface area (Å²) < 4.78 is 155. The first-order chi connectivity index (χ1) is 25.6. The molecular formula is C37H40F9N5O3S. The van der Waals surface area contributed by atoms with Crippen molar-refractivity contribution in [1.29, 1.82) is 0 Å². The van der Waals surface area contributed by atoms with Crippen molar-refractivity contribution >= 4 is 27.2 Å². The van der Waals surface area contributed by atoms with Crippen molar-refractivity contribution in [2.45, 2.75) is 70.6 Å². The number of rotatable bonds is 14. The summed E-state index contributed by atoms with van der Waals surface area (Å²) in [7, 11) is -3.39. The van der Waals surface area contributed by atoms with E-state index in [1.807, 2.05) is 17.9 Å². The van der Waals surface area contributed by atoms with E-state index in [1.54, 1.807) is 6.20 Å². The predicted molar refractivity (Wildman–Crippen MR) is 190 cm³/mol. The molecule has 18 heteroatoms. The summed E-state index contributed by atoms with van der Waals surface area (Å²) in [6.07, 6.45) is -4.58. The van der Waals surface area contributed by atoms with E-state index in [-0.39, 0.29) is 41.6 Å². The first kappa shape index (κ1) is 41.8. The zero-order valence-corrected chi connectivity index (χ0v) is 31.0. The van der Waals surface area contributed by atoms with Gasteiger partial charge in [0.1, 0.15) is 6.61 Å². The molecule has 0 spiro atoms. The average Bonchev–Trinajstić information content (AvgIpc) is 3.08. The van der Waals surface area contributed by atoms with E-state index >= 15 is 0 Å². The molecule has 0 N–H and O–H groups in total. The molecule has 0 radical (unpaired) electrons. The molecule has 0 bridgehead atoms. The van der Waals surface area contributed by atoms with Gasteiger partial charge in [-0.3, -0.25) is 4.99 Å². The summed E-state index contributed by atoms with van der Waals surface area (Å²) in [6, 6.07) is 2.95. The van der Waals surface area contributed by atoms with Gasteiger partial charge in [0, 0.05) is 49.4 Å². The minimum absolute atomic E-state index is 0.00506. The minimum Gasteiger partial charge on any atom is -0.489 e. The van der Waals surface area contributed by atoms with E-state index in [1.165, 1.54) is 17.9 Å². The highest BCUT2D eigenvalue weighted by Gasteiger charge is 2.38. The van der Waals surface area contributed by atoms with Crippen LogP contribution in [-0.4, -0.2) is 55.8 Å². The van der Waals surface area contributed by atoms with Crippen LogP contribution >= 0.6 is 0 Å². The Hall–Kier alpha value is -4.35. The number of allylic oxidation sites excluding steroid dienone is 1. The van der Waals surface area contributed by atoms with Crippen LogP contribution in [0, 0.1) is 11.8 Å². The molecule has 1 aliphatic heterocycles. The fourth-order valence-corrected chi connectivity index (χ4v) is 7.14. The van der Waals surface area contributed by atoms with Gasteiger partial charge in [0.2, 0.25) is 5.95 Å². The van der Waals surface area contributed by atoms with E-state index < -0.39 is 63.2 Å². The van der Waals surface area contributed by atoms with Crippen LogP contribution in [0.2, 0.25) is 0 Å². The first-order valence-corrected chi connectivity index (χ1v) is 19.6. The van der Waals surface area contributed by atoms with Crippen LogP contribution in [0.25, 0.3) is 0 Å². The fraction of sp³-hybridized carbons (Fsp3) is 0.486. The number of anilines is 2. The largest absolute Gasteiger partial charge is 0.489 e. The average molecular weight is 806 g/mol. The van der Waals surface area contributed by atoms with Crippen molar-refractivity contribution in [3.05, 3.63) is 88.9 Å². The third-order valence-corrected chi connectivity index (χ3v) is 10.7. The van der Waals surface area contributed by atoms with Crippen molar-refractivity contribution in [3.63, 3.8) is 0 Å². The Morgan fingerprint density at radius 3 is 1.93 bits per heavy atom. The molecule has 1 atom stereocenters. The lowest BCUT2D eigenvalue weighted by atomic mass is 9.79. The van der Waals surface area contributed by atoms with E-state index in [9.17, 15) is 47.9 Å². The van der Waals surface area contributed by atoms with Crippen LogP contribution < -0.4 is 14.5 Å². The first-order valence-electron chi connectivity index (χ1n) is 17.5. The standard InChI is InChI=1S/C37H40F9N5O3S/c1-4-50(21-24-5-7-25(8-6-24)32-11-12-47-32)33-10-9-28(35(38,39)40)17-27(33)22-51(34-48-19-31(20-49-34)54-13-14-55(3,52)53)23(2)26-15-29(36(41,42)43)18-30(16-26)37(44,45)46/h9-12,15-20,23-25H,4-8,13-14,21-22H2,1-3H3. The van der Waals surface area contributed by atoms with Crippen LogP contribution in [0.3, 0.4) is 0 Å². The summed E-state index contributed by atoms with van der Waals surface area (Å²) in [4.78, 5) is 15.9. The van der Waals surface area contributed by atoms with Gasteiger partial charge in [0.25, 0.3) is 0 Å². The molecule has 2 heterocycles. The lowest BCUT2D eigenvalue weighted by Gasteiger charge is -2.36. The van der Waals surface area contributed by atoms with Gasteiger partial charge in [-0.2, -0.15) is 39.5 Å². The molecule has 2 aromatic carbocycles. The van der Waals surface area contributed by atoms with Gasteiger partial charge in [-0.1, -0.05) is 0 Å². The van der Waals surface area contributed by atoms with Crippen molar-refractivity contribution in [1.82, 2.24) is 9.97 Å². The van der Waals surface area contributed by atoms with Gasteiger partial charge in [0.15, 0.2) is 15.6 Å². The van der Waals surface area contributed by atoms with Crippen molar-refractivity contribution < 1.29 is 52.7 Å². The normalized spacial score (nSPS) is 18.4. The van der Waals surface area contributed by atoms with Crippen LogP contribution in [0.4, 0.5) is 51.1 Å². The molecule has 1 unspecified atom stereocenters. The number of nitrogens with zero attached hydrogens (tertiary/aromatic N) is 5. The Labute approximate surface area is 313 Å². The molecule has 0 amide bonds. The summed E-state index contributed by atoms with van der Waals surface area (Å²) in [5, 5.41) is 0. The molecule has 1 saturated carbocycles. The number of alkyl halides is 9. The van der Waals surface area contributed by atoms with E-state index in [4.69, 9.17) is 4.74 Å². The molecule has 5 rings (SSSR count). The zero-order chi connectivity index (χ0) is 40.3. The quantitative estimate of drug-likeness (QED) is 0.150. The Balaban J connectivity index is 1.55. The van der Waals surface area contributed by atoms with Crippen LogP contribution in [0.15, 0.2) is 66.1 Å². The Kier molecular flexibility index (Phi) is 12.5. The number of aromatic nitrogens is 2. The second kappa shape index (κ2) is 16.4. The molecule has 2 aliphatic rings. The molecule has 55 heavy (non-hydrogen) atoms. The van der Waals surface area contributed by atoms with Gasteiger partial charge < -0.3 is 14.5 Å². The Morgan fingerprint density at radius 1 is 0.855 bits per heavy atom. The highest BCUT2D eigenvalue weighted by Crippen LogP contribution is 2.41. The number of hydrogen-bond acceptors (Lipinski definition) is 8. The van der Waals surface area contributed by atoms with Gasteiger partial charge in [-0.05, 0) is 99.0 Å². The van der Waals surface area contributed by atoms with Crippen molar-refractivity contribution in [3.8, 4) is 5.75 Å². The van der Waals surface area contributed by atoms with Crippen LogP contribution in [-0.2, 0) is 34.9 Å². The van der Waals surface area contributed by atoms with E-state index in [0.29, 0.717) is 36.8 Å². The number of benzene rings is 2. The number of halogens is 9. The molecule has 1 aromatic heterocycles. The van der Waals surface area contributed by atoms with Crippen molar-refractivity contribution in [2.75, 3.05) is 41.5 Å². The zero-order valence-electron chi connectivity index (χ0n) is 30.1. The smallest absolute Gasteiger partial charge is 0.416 e. The van der Waals surface area contributed by atoms with Gasteiger partial charge in [-0.25, -0.2) is 18.4 Å². The number of aliphatic imine (C=N–C) groups is 1. The maximum atomic E-state index is 14.2.